The van der Waals surface area contributed by atoms with Crippen LogP contribution in [-0.2, 0) is 0 Å². The molecule has 0 amide bonds. The number of aromatic carboxylic acids is 1. The van der Waals surface area contributed by atoms with E-state index in [2.05, 4.69) is 5.43 Å². The fourth-order valence-electron chi connectivity index (χ4n) is 3.61. The number of pyridine rings is 1. The predicted molar refractivity (Wildman–Crippen MR) is 109 cm³/mol. The standard InChI is InChI=1S/C21H18F4N4O3/c1-27-4-6-28(7-5-27)26-18-15(24)9-12-19(17(18)25)29(10-13(20(12)30)21(31)32)16-3-2-11(22)8-14(16)23/h2-3,8-10,26H,4-7H2,1H3,(H,31,32). The molecule has 32 heavy (non-hydrogen) atoms. The van der Waals surface area contributed by atoms with E-state index in [1.165, 1.54) is 0 Å². The fourth-order valence-corrected chi connectivity index (χ4v) is 3.61. The van der Waals surface area contributed by atoms with Gasteiger partial charge >= 0.3 is 5.97 Å². The minimum Gasteiger partial charge on any atom is -0.477 e. The number of halogens is 4. The van der Waals surface area contributed by atoms with E-state index in [0.717, 1.165) is 22.9 Å². The zero-order valence-electron chi connectivity index (χ0n) is 16.8. The van der Waals surface area contributed by atoms with Crippen LogP contribution in [0.15, 0.2) is 35.3 Å². The number of aromatic nitrogens is 1. The normalized spacial score (nSPS) is 15.3. The summed E-state index contributed by atoms with van der Waals surface area (Å²) in [5.74, 6) is -6.01. The van der Waals surface area contributed by atoms with Crippen molar-refractivity contribution in [3.05, 3.63) is 69.5 Å². The second kappa shape index (κ2) is 8.24. The zero-order valence-corrected chi connectivity index (χ0v) is 16.8. The molecule has 1 aliphatic heterocycles. The first-order valence-electron chi connectivity index (χ1n) is 9.63. The van der Waals surface area contributed by atoms with Gasteiger partial charge in [0, 0.05) is 38.4 Å². The zero-order chi connectivity index (χ0) is 23.2. The Labute approximate surface area is 179 Å². The van der Waals surface area contributed by atoms with Crippen molar-refractivity contribution in [1.82, 2.24) is 14.5 Å². The highest BCUT2D eigenvalue weighted by Gasteiger charge is 2.25. The number of piperazine rings is 1. The van der Waals surface area contributed by atoms with Crippen LogP contribution in [0.5, 0.6) is 0 Å². The highest BCUT2D eigenvalue weighted by molar-refractivity contribution is 5.94. The van der Waals surface area contributed by atoms with Crippen LogP contribution in [0.4, 0.5) is 23.2 Å². The molecule has 0 atom stereocenters. The van der Waals surface area contributed by atoms with E-state index >= 15 is 4.39 Å². The number of fused-ring (bicyclic) bond motifs is 1. The summed E-state index contributed by atoms with van der Waals surface area (Å²) in [6, 6.07) is 3.11. The van der Waals surface area contributed by atoms with Gasteiger partial charge in [0.25, 0.3) is 0 Å². The summed E-state index contributed by atoms with van der Waals surface area (Å²) in [6.07, 6.45) is 0.740. The number of hydrazine groups is 1. The maximum Gasteiger partial charge on any atom is 0.341 e. The second-order valence-corrected chi connectivity index (χ2v) is 7.49. The van der Waals surface area contributed by atoms with E-state index in [9.17, 15) is 27.9 Å². The lowest BCUT2D eigenvalue weighted by Crippen LogP contribution is -2.47. The number of hydrogen-bond acceptors (Lipinski definition) is 5. The Hall–Kier alpha value is -3.44. The number of nitrogens with one attached hydrogen (secondary N) is 1. The number of rotatable bonds is 4. The number of carbonyl (C=O) groups is 1. The van der Waals surface area contributed by atoms with Gasteiger partial charge in [0.05, 0.1) is 16.6 Å². The van der Waals surface area contributed by atoms with Gasteiger partial charge < -0.3 is 20.0 Å². The fraction of sp³-hybridized carbons (Fsp3) is 0.238. The summed E-state index contributed by atoms with van der Waals surface area (Å²) in [4.78, 5) is 26.2. The quantitative estimate of drug-likeness (QED) is 0.596. The number of likely N-dealkylation sites (N-methyl/N-ethyl adjacent to an activating group) is 1. The second-order valence-electron chi connectivity index (χ2n) is 7.49. The number of benzene rings is 2. The number of anilines is 1. The third-order valence-electron chi connectivity index (χ3n) is 5.35. The lowest BCUT2D eigenvalue weighted by molar-refractivity contribution is 0.0695. The Kier molecular flexibility index (Phi) is 5.61. The van der Waals surface area contributed by atoms with Gasteiger partial charge in [0.1, 0.15) is 22.9 Å². The third kappa shape index (κ3) is 3.80. The van der Waals surface area contributed by atoms with Gasteiger partial charge in [-0.3, -0.25) is 4.79 Å². The Morgan fingerprint density at radius 3 is 2.34 bits per heavy atom. The molecule has 0 bridgehead atoms. The number of hydrogen-bond donors (Lipinski definition) is 2. The van der Waals surface area contributed by atoms with Crippen molar-refractivity contribution in [1.29, 1.82) is 0 Å². The van der Waals surface area contributed by atoms with Crippen LogP contribution in [-0.4, -0.2) is 58.8 Å². The first-order valence-corrected chi connectivity index (χ1v) is 9.63. The smallest absolute Gasteiger partial charge is 0.341 e. The minimum atomic E-state index is -1.66. The van der Waals surface area contributed by atoms with Crippen molar-refractivity contribution in [2.75, 3.05) is 38.7 Å². The van der Waals surface area contributed by atoms with Crippen molar-refractivity contribution >= 4 is 22.6 Å². The highest BCUT2D eigenvalue weighted by atomic mass is 19.1. The summed E-state index contributed by atoms with van der Waals surface area (Å²) in [5.41, 5.74) is -0.803. The van der Waals surface area contributed by atoms with E-state index < -0.39 is 62.5 Å². The van der Waals surface area contributed by atoms with Gasteiger partial charge in [-0.05, 0) is 25.2 Å². The SMILES string of the molecule is CN1CCN(Nc2c(F)cc3c(=O)c(C(=O)O)cn(-c4ccc(F)cc4F)c3c2F)CC1. The molecule has 2 aromatic carbocycles. The number of carboxylic acids is 1. The van der Waals surface area contributed by atoms with Gasteiger partial charge in [-0.15, -0.1) is 0 Å². The van der Waals surface area contributed by atoms with Crippen molar-refractivity contribution in [2.45, 2.75) is 0 Å². The van der Waals surface area contributed by atoms with Crippen LogP contribution in [0.1, 0.15) is 10.4 Å². The molecule has 0 radical (unpaired) electrons. The van der Waals surface area contributed by atoms with Crippen molar-refractivity contribution < 1.29 is 27.5 Å². The van der Waals surface area contributed by atoms with Crippen molar-refractivity contribution in [3.8, 4) is 5.69 Å². The van der Waals surface area contributed by atoms with Gasteiger partial charge in [0.2, 0.25) is 5.43 Å². The van der Waals surface area contributed by atoms with Crippen molar-refractivity contribution in [2.24, 2.45) is 0 Å². The molecule has 0 saturated carbocycles. The van der Waals surface area contributed by atoms with Crippen molar-refractivity contribution in [3.63, 3.8) is 0 Å². The van der Waals surface area contributed by atoms with Crippen LogP contribution >= 0.6 is 0 Å². The molecule has 0 aliphatic carbocycles. The molecule has 4 rings (SSSR count). The largest absolute Gasteiger partial charge is 0.477 e. The Bertz CT molecular complexity index is 1290. The summed E-state index contributed by atoms with van der Waals surface area (Å²) in [5, 5.41) is 10.4. The first-order chi connectivity index (χ1) is 15.2. The van der Waals surface area contributed by atoms with E-state index in [1.807, 2.05) is 11.9 Å². The summed E-state index contributed by atoms with van der Waals surface area (Å²) in [7, 11) is 1.91. The molecular formula is C21H18F4N4O3. The Balaban J connectivity index is 1.97. The van der Waals surface area contributed by atoms with Crippen LogP contribution in [0.25, 0.3) is 16.6 Å². The van der Waals surface area contributed by atoms with Gasteiger partial charge in [0.15, 0.2) is 11.6 Å². The molecule has 1 saturated heterocycles. The van der Waals surface area contributed by atoms with E-state index in [-0.39, 0.29) is 0 Å². The van der Waals surface area contributed by atoms with Crippen LogP contribution in [0.3, 0.4) is 0 Å². The summed E-state index contributed by atoms with van der Waals surface area (Å²) >= 11 is 0. The molecule has 1 aromatic heterocycles. The topological polar surface area (TPSA) is 77.8 Å². The predicted octanol–water partition coefficient (Wildman–Crippen LogP) is 2.82. The van der Waals surface area contributed by atoms with E-state index in [4.69, 9.17) is 0 Å². The maximum absolute atomic E-state index is 15.6. The molecule has 168 valence electrons. The summed E-state index contributed by atoms with van der Waals surface area (Å²) < 4.78 is 59.1. The molecule has 3 aromatic rings. The molecule has 0 unspecified atom stereocenters. The molecular weight excluding hydrogens is 432 g/mol. The molecule has 11 heteroatoms. The molecule has 1 fully saturated rings. The highest BCUT2D eigenvalue weighted by Crippen LogP contribution is 2.30. The average molecular weight is 450 g/mol. The average Bonchev–Trinajstić information content (AvgIpc) is 2.73. The van der Waals surface area contributed by atoms with Gasteiger partial charge in [-0.25, -0.2) is 27.4 Å². The molecule has 0 spiro atoms. The van der Waals surface area contributed by atoms with Gasteiger partial charge in [-0.2, -0.15) is 0 Å². The summed E-state index contributed by atoms with van der Waals surface area (Å²) in [6.45, 7) is 2.23. The van der Waals surface area contributed by atoms with Gasteiger partial charge in [-0.1, -0.05) is 0 Å². The Morgan fingerprint density at radius 2 is 1.72 bits per heavy atom. The van der Waals surface area contributed by atoms with E-state index in [0.29, 0.717) is 38.3 Å². The maximum atomic E-state index is 15.6. The molecule has 1 aliphatic rings. The number of nitrogens with zero attached hydrogens (tertiary/aromatic N) is 3. The number of carboxylic acid groups (broad SMARTS) is 1. The minimum absolute atomic E-state index is 0.407. The van der Waals surface area contributed by atoms with E-state index in [1.54, 1.807) is 5.01 Å². The van der Waals surface area contributed by atoms with Crippen LogP contribution < -0.4 is 10.9 Å². The third-order valence-corrected chi connectivity index (χ3v) is 5.35. The van der Waals surface area contributed by atoms with Crippen LogP contribution in [0, 0.1) is 23.3 Å². The molecule has 2 heterocycles. The van der Waals surface area contributed by atoms with Crippen LogP contribution in [0.2, 0.25) is 0 Å². The monoisotopic (exact) mass is 450 g/mol. The first kappa shape index (κ1) is 21.8. The Morgan fingerprint density at radius 1 is 1.03 bits per heavy atom. The molecule has 7 nitrogen and oxygen atoms in total. The lowest BCUT2D eigenvalue weighted by atomic mass is 10.1. The molecule has 2 N–H and O–H groups in total. The lowest BCUT2D eigenvalue weighted by Gasteiger charge is -2.33.